The zero-order valence-corrected chi connectivity index (χ0v) is 23.8. The molecule has 0 fully saturated rings. The summed E-state index contributed by atoms with van der Waals surface area (Å²) >= 11 is -2.84. The first kappa shape index (κ1) is 25.3. The Balaban J connectivity index is 1.61. The van der Waals surface area contributed by atoms with Crippen molar-refractivity contribution in [2.75, 3.05) is 0 Å². The van der Waals surface area contributed by atoms with E-state index in [9.17, 15) is 0 Å². The predicted molar refractivity (Wildman–Crippen MR) is 150 cm³/mol. The standard InChI is InChI=1S/2C12H10O.C10H15.Ti/c2*13-12-9-5-4-8-11(12)10-6-2-1-3-7-10;1-7-6-10(4,5)9(3)8(7)2;/h2*1-9,13H;1-5H3;/q;;;+2/p-2. The van der Waals surface area contributed by atoms with Crippen LogP contribution in [0, 0.1) is 5.41 Å². The van der Waals surface area contributed by atoms with Crippen molar-refractivity contribution in [1.29, 1.82) is 0 Å². The van der Waals surface area contributed by atoms with E-state index in [4.69, 9.17) is 6.64 Å². The summed E-state index contributed by atoms with van der Waals surface area (Å²) in [5.74, 6) is 1.75. The molecule has 37 heavy (non-hydrogen) atoms. The second-order valence-corrected chi connectivity index (χ2v) is 12.4. The van der Waals surface area contributed by atoms with Crippen LogP contribution in [0.4, 0.5) is 0 Å². The number of hydrogen-bond donors (Lipinski definition) is 0. The van der Waals surface area contributed by atoms with Gasteiger partial charge in [0.15, 0.2) is 0 Å². The van der Waals surface area contributed by atoms with E-state index in [1.54, 1.807) is 0 Å². The van der Waals surface area contributed by atoms with Crippen molar-refractivity contribution in [3.8, 4) is 33.8 Å². The molecule has 185 valence electrons. The molecule has 0 unspecified atom stereocenters. The van der Waals surface area contributed by atoms with Gasteiger partial charge in [-0.15, -0.1) is 0 Å². The number of rotatable bonds is 7. The summed E-state index contributed by atoms with van der Waals surface area (Å²) < 4.78 is 15.4. The fraction of sp³-hybridized carbons (Fsp3) is 0.176. The number of benzene rings is 4. The van der Waals surface area contributed by atoms with Gasteiger partial charge in [-0.25, -0.2) is 0 Å². The molecule has 0 radical (unpaired) electrons. The molecule has 0 atom stereocenters. The van der Waals surface area contributed by atoms with Crippen LogP contribution in [-0.2, 0) is 18.6 Å². The normalized spacial score (nSPS) is 14.6. The summed E-state index contributed by atoms with van der Waals surface area (Å²) in [5.41, 5.74) is 8.39. The third kappa shape index (κ3) is 4.97. The van der Waals surface area contributed by atoms with Gasteiger partial charge in [0.05, 0.1) is 0 Å². The minimum absolute atomic E-state index is 0.118. The molecule has 2 nitrogen and oxygen atoms in total. The predicted octanol–water partition coefficient (Wildman–Crippen LogP) is 9.58. The van der Waals surface area contributed by atoms with Gasteiger partial charge in [-0.2, -0.15) is 0 Å². The van der Waals surface area contributed by atoms with Crippen LogP contribution >= 0.6 is 0 Å². The molecule has 4 aromatic carbocycles. The quantitative estimate of drug-likeness (QED) is 0.226. The molecule has 0 bridgehead atoms. The van der Waals surface area contributed by atoms with E-state index in [1.165, 1.54) is 20.6 Å². The van der Waals surface area contributed by atoms with E-state index in [2.05, 4.69) is 120 Å². The van der Waals surface area contributed by atoms with Gasteiger partial charge in [-0.1, -0.05) is 0 Å². The second kappa shape index (κ2) is 10.6. The molecule has 3 heteroatoms. The molecule has 0 saturated carbocycles. The number of para-hydroxylation sites is 2. The zero-order chi connectivity index (χ0) is 26.0. The van der Waals surface area contributed by atoms with E-state index in [-0.39, 0.29) is 5.41 Å². The summed E-state index contributed by atoms with van der Waals surface area (Å²) in [4.78, 5) is 0. The average Bonchev–Trinajstić information content (AvgIpc) is 3.08. The molecule has 4 aromatic rings. The minimum atomic E-state index is -2.84. The van der Waals surface area contributed by atoms with Crippen LogP contribution in [0.25, 0.3) is 22.3 Å². The molecule has 5 rings (SSSR count). The molecule has 0 aliphatic heterocycles. The molecule has 0 saturated heterocycles. The summed E-state index contributed by atoms with van der Waals surface area (Å²) in [6.07, 6.45) is 0. The maximum absolute atomic E-state index is 7.04. The molecular weight excluding hydrogens is 488 g/mol. The summed E-state index contributed by atoms with van der Waals surface area (Å²) in [5, 5.41) is 0. The average molecular weight is 522 g/mol. The van der Waals surface area contributed by atoms with Crippen LogP contribution in [0.5, 0.6) is 11.5 Å². The SMILES string of the molecule is CC1=C(C)C(C)(C)[C]([Ti]([O]c2ccccc2-c2ccccc2)[O]c2ccccc2-c2ccccc2)=C1C. The molecule has 1 aliphatic carbocycles. The van der Waals surface area contributed by atoms with Gasteiger partial charge in [-0.3, -0.25) is 0 Å². The third-order valence-electron chi connectivity index (χ3n) is 7.62. The zero-order valence-electron chi connectivity index (χ0n) is 22.2. The van der Waals surface area contributed by atoms with E-state index in [1.807, 2.05) is 24.3 Å². The van der Waals surface area contributed by atoms with Gasteiger partial charge in [0.2, 0.25) is 0 Å². The Morgan fingerprint density at radius 1 is 0.514 bits per heavy atom. The van der Waals surface area contributed by atoms with Crippen LogP contribution < -0.4 is 6.64 Å². The Labute approximate surface area is 228 Å². The van der Waals surface area contributed by atoms with Gasteiger partial charge < -0.3 is 0 Å². The van der Waals surface area contributed by atoms with E-state index < -0.39 is 18.6 Å². The van der Waals surface area contributed by atoms with Gasteiger partial charge in [-0.05, 0) is 0 Å². The monoisotopic (exact) mass is 521 g/mol. The first-order valence-corrected chi connectivity index (χ1v) is 14.8. The van der Waals surface area contributed by atoms with E-state index in [0.29, 0.717) is 0 Å². The number of hydrogen-bond acceptors (Lipinski definition) is 2. The molecular formula is C34H33O2Ti. The first-order chi connectivity index (χ1) is 17.9. The Morgan fingerprint density at radius 3 is 1.32 bits per heavy atom. The van der Waals surface area contributed by atoms with Crippen LogP contribution in [0.2, 0.25) is 0 Å². The first-order valence-electron chi connectivity index (χ1n) is 12.8. The summed E-state index contributed by atoms with van der Waals surface area (Å²) in [7, 11) is 0. The maximum atomic E-state index is 7.04. The van der Waals surface area contributed by atoms with Gasteiger partial charge >= 0.3 is 229 Å². The Hall–Kier alpha value is -3.33. The molecule has 0 aromatic heterocycles. The second-order valence-electron chi connectivity index (χ2n) is 10.1. The van der Waals surface area contributed by atoms with E-state index >= 15 is 0 Å². The van der Waals surface area contributed by atoms with Crippen molar-refractivity contribution in [2.24, 2.45) is 5.41 Å². The van der Waals surface area contributed by atoms with Crippen LogP contribution in [-0.4, -0.2) is 0 Å². The van der Waals surface area contributed by atoms with Crippen molar-refractivity contribution < 1.29 is 25.3 Å². The Bertz CT molecular complexity index is 1380. The van der Waals surface area contributed by atoms with Crippen molar-refractivity contribution in [3.05, 3.63) is 130 Å². The van der Waals surface area contributed by atoms with Crippen LogP contribution in [0.15, 0.2) is 130 Å². The van der Waals surface area contributed by atoms with Gasteiger partial charge in [0.25, 0.3) is 0 Å². The van der Waals surface area contributed by atoms with Crippen molar-refractivity contribution in [1.82, 2.24) is 0 Å². The van der Waals surface area contributed by atoms with E-state index in [0.717, 1.165) is 33.8 Å². The van der Waals surface area contributed by atoms with Crippen LogP contribution in [0.1, 0.15) is 34.6 Å². The Morgan fingerprint density at radius 2 is 0.919 bits per heavy atom. The van der Waals surface area contributed by atoms with Crippen LogP contribution in [0.3, 0.4) is 0 Å². The fourth-order valence-corrected chi connectivity index (χ4v) is 8.57. The van der Waals surface area contributed by atoms with Crippen molar-refractivity contribution >= 4 is 0 Å². The van der Waals surface area contributed by atoms with Gasteiger partial charge in [0, 0.05) is 0 Å². The molecule has 1 aliphatic rings. The number of allylic oxidation sites excluding steroid dienone is 4. The topological polar surface area (TPSA) is 18.5 Å². The Kier molecular flexibility index (Phi) is 7.24. The third-order valence-corrected chi connectivity index (χ3v) is 11.1. The molecule has 0 spiro atoms. The van der Waals surface area contributed by atoms with Crippen molar-refractivity contribution in [3.63, 3.8) is 0 Å². The fourth-order valence-electron chi connectivity index (χ4n) is 5.15. The summed E-state index contributed by atoms with van der Waals surface area (Å²) in [6.45, 7) is 11.3. The molecule has 0 amide bonds. The molecule has 0 heterocycles. The summed E-state index contributed by atoms with van der Waals surface area (Å²) in [6, 6.07) is 37.5. The van der Waals surface area contributed by atoms with Crippen molar-refractivity contribution in [2.45, 2.75) is 34.6 Å². The molecule has 0 N–H and O–H groups in total. The van der Waals surface area contributed by atoms with Gasteiger partial charge in [0.1, 0.15) is 0 Å².